The number of rotatable bonds is 5. The molecule has 1 saturated carbocycles. The maximum atomic E-state index is 10.5. The fourth-order valence-electron chi connectivity index (χ4n) is 3.08. The molecule has 16 heavy (non-hydrogen) atoms. The van der Waals surface area contributed by atoms with E-state index in [-0.39, 0.29) is 11.7 Å². The second-order valence-corrected chi connectivity index (χ2v) is 5.39. The maximum Gasteiger partial charge on any atom is 0.0939 e. The van der Waals surface area contributed by atoms with Crippen molar-refractivity contribution in [2.24, 2.45) is 5.92 Å². The Balaban J connectivity index is 2.68. The van der Waals surface area contributed by atoms with Crippen LogP contribution in [0, 0.1) is 5.92 Å². The molecule has 96 valence electrons. The van der Waals surface area contributed by atoms with E-state index >= 15 is 0 Å². The van der Waals surface area contributed by atoms with Gasteiger partial charge in [0, 0.05) is 7.11 Å². The molecule has 1 aliphatic rings. The van der Waals surface area contributed by atoms with Crippen LogP contribution in [0.4, 0.5) is 0 Å². The topological polar surface area (TPSA) is 29.5 Å². The van der Waals surface area contributed by atoms with Crippen LogP contribution in [0.1, 0.15) is 65.2 Å². The highest BCUT2D eigenvalue weighted by Crippen LogP contribution is 2.36. The molecule has 1 fully saturated rings. The highest BCUT2D eigenvalue weighted by molar-refractivity contribution is 4.92. The Morgan fingerprint density at radius 2 is 1.75 bits per heavy atom. The van der Waals surface area contributed by atoms with Crippen LogP contribution in [0.2, 0.25) is 0 Å². The maximum absolute atomic E-state index is 10.5. The van der Waals surface area contributed by atoms with Gasteiger partial charge in [0.15, 0.2) is 0 Å². The van der Waals surface area contributed by atoms with Crippen molar-refractivity contribution in [3.05, 3.63) is 0 Å². The summed E-state index contributed by atoms with van der Waals surface area (Å²) >= 11 is 0. The van der Waals surface area contributed by atoms with Crippen molar-refractivity contribution in [1.29, 1.82) is 0 Å². The lowest BCUT2D eigenvalue weighted by atomic mass is 9.80. The lowest BCUT2D eigenvalue weighted by molar-refractivity contribution is -0.130. The molecule has 0 bridgehead atoms. The van der Waals surface area contributed by atoms with Gasteiger partial charge < -0.3 is 9.84 Å². The summed E-state index contributed by atoms with van der Waals surface area (Å²) < 4.78 is 5.74. The van der Waals surface area contributed by atoms with E-state index < -0.39 is 0 Å². The number of methoxy groups -OCH3 is 1. The average molecular weight is 228 g/mol. The second-order valence-electron chi connectivity index (χ2n) is 5.39. The highest BCUT2D eigenvalue weighted by Gasteiger charge is 2.40. The predicted molar refractivity (Wildman–Crippen MR) is 67.5 cm³/mol. The molecule has 0 spiro atoms. The van der Waals surface area contributed by atoms with Crippen LogP contribution in [-0.2, 0) is 4.74 Å². The molecule has 1 rings (SSSR count). The molecule has 0 aromatic rings. The zero-order chi connectivity index (χ0) is 12.0. The lowest BCUT2D eigenvalue weighted by Gasteiger charge is -2.39. The van der Waals surface area contributed by atoms with Gasteiger partial charge >= 0.3 is 0 Å². The smallest absolute Gasteiger partial charge is 0.0939 e. The molecular formula is C14H28O2. The van der Waals surface area contributed by atoms with E-state index in [1.165, 1.54) is 25.7 Å². The third kappa shape index (κ3) is 3.21. The number of ether oxygens (including phenoxy) is 1. The summed E-state index contributed by atoms with van der Waals surface area (Å²) in [7, 11) is 1.77. The van der Waals surface area contributed by atoms with Crippen LogP contribution in [0.15, 0.2) is 0 Å². The zero-order valence-electron chi connectivity index (χ0n) is 11.2. The molecular weight excluding hydrogens is 200 g/mol. The molecule has 0 aromatic heterocycles. The van der Waals surface area contributed by atoms with Crippen LogP contribution in [-0.4, -0.2) is 23.9 Å². The summed E-state index contributed by atoms with van der Waals surface area (Å²) in [5, 5.41) is 10.5. The van der Waals surface area contributed by atoms with E-state index in [1.54, 1.807) is 7.11 Å². The van der Waals surface area contributed by atoms with Gasteiger partial charge in [-0.2, -0.15) is 0 Å². The number of hydrogen-bond acceptors (Lipinski definition) is 2. The minimum Gasteiger partial charge on any atom is -0.390 e. The molecule has 2 unspecified atom stereocenters. The Bertz CT molecular complexity index is 183. The molecule has 0 radical (unpaired) electrons. The van der Waals surface area contributed by atoms with Crippen molar-refractivity contribution >= 4 is 0 Å². The van der Waals surface area contributed by atoms with Crippen molar-refractivity contribution in [3.63, 3.8) is 0 Å². The van der Waals surface area contributed by atoms with Crippen molar-refractivity contribution in [2.45, 2.75) is 76.9 Å². The molecule has 2 atom stereocenters. The minimum absolute atomic E-state index is 0.259. The van der Waals surface area contributed by atoms with E-state index in [0.29, 0.717) is 5.92 Å². The Kier molecular flexibility index (Phi) is 5.77. The van der Waals surface area contributed by atoms with Crippen molar-refractivity contribution in [1.82, 2.24) is 0 Å². The highest BCUT2D eigenvalue weighted by atomic mass is 16.5. The summed E-state index contributed by atoms with van der Waals surface area (Å²) in [5.74, 6) is 0.350. The van der Waals surface area contributed by atoms with Crippen molar-refractivity contribution in [2.75, 3.05) is 7.11 Å². The normalized spacial score (nSPS) is 24.8. The standard InChI is InChI=1S/C14H28O2/c1-4-9-12(2)13(15)14(16-3)10-7-5-6-8-11-14/h12-13,15H,4-11H2,1-3H3. The van der Waals surface area contributed by atoms with Gasteiger partial charge in [0.1, 0.15) is 0 Å². The molecule has 2 heteroatoms. The molecule has 0 heterocycles. The Morgan fingerprint density at radius 3 is 2.19 bits per heavy atom. The van der Waals surface area contributed by atoms with E-state index in [4.69, 9.17) is 4.74 Å². The first-order valence-electron chi connectivity index (χ1n) is 6.89. The van der Waals surface area contributed by atoms with Crippen LogP contribution < -0.4 is 0 Å². The Labute approximate surface area is 100 Å². The third-order valence-electron chi connectivity index (χ3n) is 4.18. The van der Waals surface area contributed by atoms with Crippen LogP contribution in [0.3, 0.4) is 0 Å². The van der Waals surface area contributed by atoms with E-state index in [9.17, 15) is 5.11 Å². The summed E-state index contributed by atoms with van der Waals surface area (Å²) in [6, 6.07) is 0. The van der Waals surface area contributed by atoms with Crippen LogP contribution in [0.5, 0.6) is 0 Å². The first-order valence-corrected chi connectivity index (χ1v) is 6.89. The summed E-state index contributed by atoms with van der Waals surface area (Å²) in [6.07, 6.45) is 8.96. The molecule has 0 amide bonds. The zero-order valence-corrected chi connectivity index (χ0v) is 11.2. The minimum atomic E-state index is -0.296. The van der Waals surface area contributed by atoms with Crippen LogP contribution >= 0.6 is 0 Å². The fraction of sp³-hybridized carbons (Fsp3) is 1.00. The van der Waals surface area contributed by atoms with Gasteiger partial charge in [0.05, 0.1) is 11.7 Å². The van der Waals surface area contributed by atoms with Gasteiger partial charge in [-0.1, -0.05) is 46.0 Å². The van der Waals surface area contributed by atoms with Crippen LogP contribution in [0.25, 0.3) is 0 Å². The summed E-state index contributed by atoms with van der Waals surface area (Å²) in [5.41, 5.74) is -0.259. The van der Waals surface area contributed by atoms with E-state index in [1.807, 2.05) is 0 Å². The van der Waals surface area contributed by atoms with Gasteiger partial charge in [-0.05, 0) is 25.2 Å². The molecule has 2 nitrogen and oxygen atoms in total. The first kappa shape index (κ1) is 14.0. The monoisotopic (exact) mass is 228 g/mol. The van der Waals surface area contributed by atoms with Gasteiger partial charge in [-0.25, -0.2) is 0 Å². The largest absolute Gasteiger partial charge is 0.390 e. The van der Waals surface area contributed by atoms with E-state index in [0.717, 1.165) is 25.7 Å². The number of hydrogen-bond donors (Lipinski definition) is 1. The van der Waals surface area contributed by atoms with Crippen molar-refractivity contribution < 1.29 is 9.84 Å². The van der Waals surface area contributed by atoms with Crippen molar-refractivity contribution in [3.8, 4) is 0 Å². The molecule has 0 aromatic carbocycles. The third-order valence-corrected chi connectivity index (χ3v) is 4.18. The van der Waals surface area contributed by atoms with E-state index in [2.05, 4.69) is 13.8 Å². The quantitative estimate of drug-likeness (QED) is 0.729. The lowest BCUT2D eigenvalue weighted by Crippen LogP contribution is -2.47. The Hall–Kier alpha value is -0.0800. The molecule has 1 aliphatic carbocycles. The molecule has 1 N–H and O–H groups in total. The van der Waals surface area contributed by atoms with Gasteiger partial charge in [-0.3, -0.25) is 0 Å². The summed E-state index contributed by atoms with van der Waals surface area (Å²) in [6.45, 7) is 4.33. The van der Waals surface area contributed by atoms with Gasteiger partial charge in [0.2, 0.25) is 0 Å². The SMILES string of the molecule is CCCC(C)C(O)C1(OC)CCCCCC1. The summed E-state index contributed by atoms with van der Waals surface area (Å²) in [4.78, 5) is 0. The molecule has 0 saturated heterocycles. The fourth-order valence-corrected chi connectivity index (χ4v) is 3.08. The number of aliphatic hydroxyl groups excluding tert-OH is 1. The predicted octanol–water partition coefficient (Wildman–Crippen LogP) is 3.52. The number of aliphatic hydroxyl groups is 1. The van der Waals surface area contributed by atoms with Gasteiger partial charge in [-0.15, -0.1) is 0 Å². The van der Waals surface area contributed by atoms with Gasteiger partial charge in [0.25, 0.3) is 0 Å². The second kappa shape index (κ2) is 6.61. The Morgan fingerprint density at radius 1 is 1.19 bits per heavy atom. The molecule has 0 aliphatic heterocycles. The first-order chi connectivity index (χ1) is 7.66. The average Bonchev–Trinajstić information content (AvgIpc) is 2.54.